The van der Waals surface area contributed by atoms with Crippen molar-refractivity contribution in [3.05, 3.63) is 95.6 Å². The first kappa shape index (κ1) is 17.2. The van der Waals surface area contributed by atoms with Gasteiger partial charge in [-0.3, -0.25) is 4.98 Å². The third-order valence-electron chi connectivity index (χ3n) is 4.08. The van der Waals surface area contributed by atoms with Crippen molar-refractivity contribution in [3.63, 3.8) is 0 Å². The number of aromatic nitrogens is 3. The fourth-order valence-corrected chi connectivity index (χ4v) is 2.83. The molecule has 0 aliphatic rings. The van der Waals surface area contributed by atoms with Crippen LogP contribution in [0.5, 0.6) is 0 Å². The predicted molar refractivity (Wildman–Crippen MR) is 109 cm³/mol. The second-order valence-electron chi connectivity index (χ2n) is 6.02. The highest BCUT2D eigenvalue weighted by molar-refractivity contribution is 6.30. The molecule has 0 fully saturated rings. The van der Waals surface area contributed by atoms with Gasteiger partial charge in [0.15, 0.2) is 5.82 Å². The zero-order valence-corrected chi connectivity index (χ0v) is 15.3. The van der Waals surface area contributed by atoms with E-state index in [1.807, 2.05) is 78.9 Å². The molecule has 0 unspecified atom stereocenters. The first-order valence-corrected chi connectivity index (χ1v) is 9.00. The van der Waals surface area contributed by atoms with E-state index in [0.29, 0.717) is 12.4 Å². The summed E-state index contributed by atoms with van der Waals surface area (Å²) in [5.74, 6) is 1.34. The average molecular weight is 373 g/mol. The Labute approximate surface area is 162 Å². The van der Waals surface area contributed by atoms with Crippen molar-refractivity contribution in [3.8, 4) is 22.8 Å². The lowest BCUT2D eigenvalue weighted by Crippen LogP contribution is -2.04. The van der Waals surface area contributed by atoms with E-state index in [1.54, 1.807) is 6.20 Å². The van der Waals surface area contributed by atoms with Gasteiger partial charge in [0.05, 0.1) is 5.69 Å². The molecule has 2 aromatic heterocycles. The maximum atomic E-state index is 5.96. The van der Waals surface area contributed by atoms with Gasteiger partial charge in [-0.05, 0) is 29.8 Å². The van der Waals surface area contributed by atoms with E-state index >= 15 is 0 Å². The van der Waals surface area contributed by atoms with Crippen molar-refractivity contribution in [2.75, 3.05) is 5.32 Å². The lowest BCUT2D eigenvalue weighted by molar-refractivity contribution is 1.08. The molecule has 0 saturated carbocycles. The summed E-state index contributed by atoms with van der Waals surface area (Å²) in [6, 6.07) is 25.5. The second kappa shape index (κ2) is 7.98. The predicted octanol–water partition coefficient (Wildman–Crippen LogP) is 5.47. The molecule has 0 aliphatic heterocycles. The standard InChI is InChI=1S/C22H17ClN4/c23-18-11-9-16(10-12-18)15-25-21-14-20(17-6-2-1-3-7-17)26-22(27-21)19-8-4-5-13-24-19/h1-14H,15H2,(H,25,26,27). The molecule has 0 bridgehead atoms. The van der Waals surface area contributed by atoms with Crippen LogP contribution in [0.3, 0.4) is 0 Å². The zero-order chi connectivity index (χ0) is 18.5. The summed E-state index contributed by atoms with van der Waals surface area (Å²) < 4.78 is 0. The monoisotopic (exact) mass is 372 g/mol. The van der Waals surface area contributed by atoms with Gasteiger partial charge in [-0.25, -0.2) is 9.97 Å². The van der Waals surface area contributed by atoms with Crippen molar-refractivity contribution in [2.24, 2.45) is 0 Å². The number of anilines is 1. The van der Waals surface area contributed by atoms with Crippen LogP contribution in [0, 0.1) is 0 Å². The van der Waals surface area contributed by atoms with Crippen molar-refractivity contribution < 1.29 is 0 Å². The van der Waals surface area contributed by atoms with Gasteiger partial charge in [0.2, 0.25) is 0 Å². The SMILES string of the molecule is Clc1ccc(CNc2cc(-c3ccccc3)nc(-c3ccccn3)n2)cc1. The molecule has 132 valence electrons. The van der Waals surface area contributed by atoms with Gasteiger partial charge in [0, 0.05) is 29.4 Å². The molecule has 2 heterocycles. The second-order valence-corrected chi connectivity index (χ2v) is 6.46. The van der Waals surface area contributed by atoms with Crippen LogP contribution < -0.4 is 5.32 Å². The number of hydrogen-bond donors (Lipinski definition) is 1. The van der Waals surface area contributed by atoms with Crippen LogP contribution in [-0.4, -0.2) is 15.0 Å². The lowest BCUT2D eigenvalue weighted by atomic mass is 10.1. The Morgan fingerprint density at radius 3 is 2.30 bits per heavy atom. The van der Waals surface area contributed by atoms with Crippen LogP contribution in [0.15, 0.2) is 85.1 Å². The topological polar surface area (TPSA) is 50.7 Å². The van der Waals surface area contributed by atoms with Gasteiger partial charge in [-0.15, -0.1) is 0 Å². The van der Waals surface area contributed by atoms with Crippen LogP contribution >= 0.6 is 11.6 Å². The molecule has 0 aliphatic carbocycles. The normalized spacial score (nSPS) is 10.6. The minimum absolute atomic E-state index is 0.593. The van der Waals surface area contributed by atoms with Crippen LogP contribution in [0.25, 0.3) is 22.8 Å². The fraction of sp³-hybridized carbons (Fsp3) is 0.0455. The van der Waals surface area contributed by atoms with Gasteiger partial charge >= 0.3 is 0 Å². The molecule has 0 amide bonds. The number of pyridine rings is 1. The van der Waals surface area contributed by atoms with Crippen LogP contribution in [0.4, 0.5) is 5.82 Å². The van der Waals surface area contributed by atoms with Crippen LogP contribution in [0.2, 0.25) is 5.02 Å². The molecule has 1 N–H and O–H groups in total. The highest BCUT2D eigenvalue weighted by atomic mass is 35.5. The highest BCUT2D eigenvalue weighted by Crippen LogP contribution is 2.23. The summed E-state index contributed by atoms with van der Waals surface area (Å²) in [5, 5.41) is 4.11. The van der Waals surface area contributed by atoms with Crippen molar-refractivity contribution in [1.82, 2.24) is 15.0 Å². The number of nitrogens with zero attached hydrogens (tertiary/aromatic N) is 3. The molecule has 0 saturated heterocycles. The van der Waals surface area contributed by atoms with Crippen LogP contribution in [0.1, 0.15) is 5.56 Å². The van der Waals surface area contributed by atoms with E-state index in [0.717, 1.165) is 33.4 Å². The summed E-state index contributed by atoms with van der Waals surface area (Å²) in [7, 11) is 0. The maximum absolute atomic E-state index is 5.96. The molecule has 4 rings (SSSR count). The van der Waals surface area contributed by atoms with Gasteiger partial charge in [0.1, 0.15) is 11.5 Å². The van der Waals surface area contributed by atoms with Gasteiger partial charge in [-0.2, -0.15) is 0 Å². The average Bonchev–Trinajstić information content (AvgIpc) is 2.74. The summed E-state index contributed by atoms with van der Waals surface area (Å²) in [5.41, 5.74) is 3.75. The van der Waals surface area contributed by atoms with Crippen molar-refractivity contribution in [2.45, 2.75) is 6.54 Å². The van der Waals surface area contributed by atoms with E-state index in [1.165, 1.54) is 0 Å². The van der Waals surface area contributed by atoms with Gasteiger partial charge < -0.3 is 5.32 Å². The summed E-state index contributed by atoms with van der Waals surface area (Å²) in [4.78, 5) is 13.7. The summed E-state index contributed by atoms with van der Waals surface area (Å²) >= 11 is 5.96. The number of halogens is 1. The lowest BCUT2D eigenvalue weighted by Gasteiger charge is -2.10. The zero-order valence-electron chi connectivity index (χ0n) is 14.5. The summed E-state index contributed by atoms with van der Waals surface area (Å²) in [6.45, 7) is 0.643. The molecule has 2 aromatic carbocycles. The quantitative estimate of drug-likeness (QED) is 0.504. The van der Waals surface area contributed by atoms with Crippen molar-refractivity contribution in [1.29, 1.82) is 0 Å². The Balaban J connectivity index is 1.68. The Bertz CT molecular complexity index is 961. The Hall–Kier alpha value is -3.24. The third kappa shape index (κ3) is 4.30. The molecule has 4 aromatic rings. The number of nitrogens with one attached hydrogen (secondary N) is 1. The fourth-order valence-electron chi connectivity index (χ4n) is 2.70. The van der Waals surface area contributed by atoms with Crippen molar-refractivity contribution >= 4 is 17.4 Å². The molecule has 5 heteroatoms. The minimum atomic E-state index is 0.593. The smallest absolute Gasteiger partial charge is 0.180 e. The Morgan fingerprint density at radius 1 is 0.778 bits per heavy atom. The van der Waals surface area contributed by atoms with E-state index in [2.05, 4.69) is 15.3 Å². The van der Waals surface area contributed by atoms with E-state index in [4.69, 9.17) is 16.6 Å². The summed E-state index contributed by atoms with van der Waals surface area (Å²) in [6.07, 6.45) is 1.74. The number of rotatable bonds is 5. The molecular formula is C22H17ClN4. The number of hydrogen-bond acceptors (Lipinski definition) is 4. The molecule has 0 atom stereocenters. The highest BCUT2D eigenvalue weighted by Gasteiger charge is 2.09. The van der Waals surface area contributed by atoms with Crippen LogP contribution in [-0.2, 0) is 6.54 Å². The molecule has 27 heavy (non-hydrogen) atoms. The van der Waals surface area contributed by atoms with Gasteiger partial charge in [-0.1, -0.05) is 60.1 Å². The Morgan fingerprint density at radius 2 is 1.56 bits per heavy atom. The maximum Gasteiger partial charge on any atom is 0.180 e. The Kier molecular flexibility index (Phi) is 5.08. The molecular weight excluding hydrogens is 356 g/mol. The molecule has 0 radical (unpaired) electrons. The van der Waals surface area contributed by atoms with E-state index in [-0.39, 0.29) is 0 Å². The number of benzene rings is 2. The van der Waals surface area contributed by atoms with E-state index < -0.39 is 0 Å². The minimum Gasteiger partial charge on any atom is -0.366 e. The first-order valence-electron chi connectivity index (χ1n) is 8.62. The largest absolute Gasteiger partial charge is 0.366 e. The molecule has 0 spiro atoms. The first-order chi connectivity index (χ1) is 13.3. The van der Waals surface area contributed by atoms with E-state index in [9.17, 15) is 0 Å². The van der Waals surface area contributed by atoms with Gasteiger partial charge in [0.25, 0.3) is 0 Å². The molecule has 4 nitrogen and oxygen atoms in total. The third-order valence-corrected chi connectivity index (χ3v) is 4.33.